The Bertz CT molecular complexity index is 1240. The van der Waals surface area contributed by atoms with Crippen molar-refractivity contribution < 1.29 is 4.74 Å². The van der Waals surface area contributed by atoms with E-state index in [9.17, 15) is 0 Å². The fourth-order valence-corrected chi connectivity index (χ4v) is 4.20. The summed E-state index contributed by atoms with van der Waals surface area (Å²) in [5.74, 6) is 8.48. The summed E-state index contributed by atoms with van der Waals surface area (Å²) in [5, 5.41) is 16.0. The largest absolute Gasteiger partial charge is 0.497 e. The van der Waals surface area contributed by atoms with E-state index in [0.717, 1.165) is 27.4 Å². The van der Waals surface area contributed by atoms with Crippen LogP contribution in [0.15, 0.2) is 53.9 Å². The Labute approximate surface area is 184 Å². The zero-order valence-electron chi connectivity index (χ0n) is 17.2. The summed E-state index contributed by atoms with van der Waals surface area (Å²) in [4.78, 5) is 6.29. The van der Waals surface area contributed by atoms with E-state index < -0.39 is 0 Å². The molecule has 0 unspecified atom stereocenters. The van der Waals surface area contributed by atoms with E-state index in [1.54, 1.807) is 23.2 Å². The number of rotatable bonds is 5. The highest BCUT2D eigenvalue weighted by Gasteiger charge is 2.21. The van der Waals surface area contributed by atoms with Crippen LogP contribution in [-0.2, 0) is 6.54 Å². The predicted octanol–water partition coefficient (Wildman–Crippen LogP) is 4.52. The minimum Gasteiger partial charge on any atom is -0.497 e. The molecule has 0 radical (unpaired) electrons. The summed E-state index contributed by atoms with van der Waals surface area (Å²) < 4.78 is 5.20. The Balaban J connectivity index is 1.35. The third-order valence-electron chi connectivity index (χ3n) is 5.45. The number of aromatic nitrogens is 5. The summed E-state index contributed by atoms with van der Waals surface area (Å²) in [6.07, 6.45) is 3.80. The van der Waals surface area contributed by atoms with Gasteiger partial charge in [0.1, 0.15) is 5.75 Å². The topological polar surface area (TPSA) is 65.7 Å². The fraction of sp³-hybridized carbons (Fsp3) is 0.250. The lowest BCUT2D eigenvalue weighted by atomic mass is 9.83. The van der Waals surface area contributed by atoms with E-state index in [0.29, 0.717) is 18.3 Å². The number of methoxy groups -OCH3 is 1. The summed E-state index contributed by atoms with van der Waals surface area (Å²) in [6.45, 7) is 0.536. The second kappa shape index (κ2) is 8.70. The molecule has 0 aliphatic heterocycles. The normalized spacial score (nSPS) is 13.3. The van der Waals surface area contributed by atoms with Gasteiger partial charge in [0.25, 0.3) is 0 Å². The van der Waals surface area contributed by atoms with Crippen LogP contribution in [0, 0.1) is 11.8 Å². The first-order valence-electron chi connectivity index (χ1n) is 10.3. The van der Waals surface area contributed by atoms with E-state index >= 15 is 0 Å². The highest BCUT2D eigenvalue weighted by Crippen LogP contribution is 2.36. The number of hydrogen-bond donors (Lipinski definition) is 0. The number of thiazole rings is 1. The van der Waals surface area contributed by atoms with Gasteiger partial charge in [-0.15, -0.1) is 21.5 Å². The molecular weight excluding hydrogens is 406 g/mol. The first-order chi connectivity index (χ1) is 15.3. The third kappa shape index (κ3) is 4.35. The Kier molecular flexibility index (Phi) is 5.46. The zero-order valence-corrected chi connectivity index (χ0v) is 18.0. The van der Waals surface area contributed by atoms with Gasteiger partial charge in [-0.1, -0.05) is 36.6 Å². The molecule has 1 saturated carbocycles. The van der Waals surface area contributed by atoms with Crippen molar-refractivity contribution >= 4 is 11.3 Å². The Morgan fingerprint density at radius 3 is 2.71 bits per heavy atom. The van der Waals surface area contributed by atoms with Crippen LogP contribution >= 0.6 is 11.3 Å². The summed E-state index contributed by atoms with van der Waals surface area (Å²) in [7, 11) is 1.66. The maximum absolute atomic E-state index is 5.20. The minimum atomic E-state index is 0.536. The average molecular weight is 428 g/mol. The molecule has 0 spiro atoms. The van der Waals surface area contributed by atoms with Crippen LogP contribution in [0.2, 0.25) is 0 Å². The molecule has 154 valence electrons. The van der Waals surface area contributed by atoms with Gasteiger partial charge < -0.3 is 4.74 Å². The van der Waals surface area contributed by atoms with Gasteiger partial charge in [0, 0.05) is 22.4 Å². The first kappa shape index (κ1) is 19.5. The Morgan fingerprint density at radius 1 is 1.10 bits per heavy atom. The van der Waals surface area contributed by atoms with Gasteiger partial charge in [0.15, 0.2) is 5.01 Å². The van der Waals surface area contributed by atoms with Crippen molar-refractivity contribution in [3.05, 3.63) is 75.7 Å². The van der Waals surface area contributed by atoms with Crippen molar-refractivity contribution in [2.75, 3.05) is 7.11 Å². The lowest BCUT2D eigenvalue weighted by Crippen LogP contribution is -2.08. The molecule has 0 N–H and O–H groups in total. The molecule has 5 rings (SSSR count). The van der Waals surface area contributed by atoms with Crippen LogP contribution in [0.3, 0.4) is 0 Å². The van der Waals surface area contributed by atoms with Gasteiger partial charge >= 0.3 is 0 Å². The van der Waals surface area contributed by atoms with E-state index in [1.165, 1.54) is 25.0 Å². The van der Waals surface area contributed by atoms with Crippen molar-refractivity contribution in [1.82, 2.24) is 25.2 Å². The maximum atomic E-state index is 5.20. The number of ether oxygens (including phenoxy) is 1. The molecular formula is C24H21N5OS. The SMILES string of the molecule is COc1ccc(Cn2nnc(-c3ccccc3C#Cc3nc(C4CCC4)cs3)n2)cc1. The van der Waals surface area contributed by atoms with E-state index in [-0.39, 0.29) is 0 Å². The number of nitrogens with zero attached hydrogens (tertiary/aromatic N) is 5. The second-order valence-corrected chi connectivity index (χ2v) is 8.35. The van der Waals surface area contributed by atoms with Crippen LogP contribution < -0.4 is 4.74 Å². The monoisotopic (exact) mass is 427 g/mol. The van der Waals surface area contributed by atoms with Crippen molar-refractivity contribution in [2.45, 2.75) is 31.7 Å². The minimum absolute atomic E-state index is 0.536. The van der Waals surface area contributed by atoms with Gasteiger partial charge in [-0.2, -0.15) is 4.80 Å². The lowest BCUT2D eigenvalue weighted by Gasteiger charge is -2.22. The molecule has 31 heavy (non-hydrogen) atoms. The van der Waals surface area contributed by atoms with Crippen LogP contribution in [0.1, 0.15) is 47.0 Å². The van der Waals surface area contributed by atoms with Crippen LogP contribution in [-0.4, -0.2) is 32.3 Å². The molecule has 2 aromatic heterocycles. The summed E-state index contributed by atoms with van der Waals surface area (Å²) >= 11 is 1.61. The van der Waals surface area contributed by atoms with E-state index in [2.05, 4.69) is 32.6 Å². The Morgan fingerprint density at radius 2 is 1.94 bits per heavy atom. The molecule has 0 amide bonds. The highest BCUT2D eigenvalue weighted by molar-refractivity contribution is 7.10. The van der Waals surface area contributed by atoms with Crippen molar-refractivity contribution in [3.8, 4) is 29.0 Å². The van der Waals surface area contributed by atoms with Crippen molar-refractivity contribution in [1.29, 1.82) is 0 Å². The molecule has 6 nitrogen and oxygen atoms in total. The molecule has 1 aliphatic carbocycles. The fourth-order valence-electron chi connectivity index (χ4n) is 3.46. The third-order valence-corrected chi connectivity index (χ3v) is 6.23. The molecule has 7 heteroatoms. The van der Waals surface area contributed by atoms with E-state index in [4.69, 9.17) is 9.72 Å². The van der Waals surface area contributed by atoms with Crippen LogP contribution in [0.25, 0.3) is 11.4 Å². The second-order valence-electron chi connectivity index (χ2n) is 7.49. The van der Waals surface area contributed by atoms with Crippen molar-refractivity contribution in [3.63, 3.8) is 0 Å². The summed E-state index contributed by atoms with van der Waals surface area (Å²) in [5.41, 5.74) is 4.00. The molecule has 2 aromatic carbocycles. The zero-order chi connectivity index (χ0) is 21.0. The van der Waals surface area contributed by atoms with Gasteiger partial charge in [-0.25, -0.2) is 4.98 Å². The quantitative estimate of drug-likeness (QED) is 0.438. The van der Waals surface area contributed by atoms with E-state index in [1.807, 2.05) is 48.5 Å². The average Bonchev–Trinajstić information content (AvgIpc) is 3.42. The van der Waals surface area contributed by atoms with Gasteiger partial charge in [0.05, 0.1) is 19.3 Å². The summed E-state index contributed by atoms with van der Waals surface area (Å²) in [6, 6.07) is 15.7. The number of tetrazole rings is 1. The molecule has 0 atom stereocenters. The standard InChI is InChI=1S/C24H21N5OS/c1-30-20-12-9-17(10-13-20)15-29-27-24(26-28-29)21-8-3-2-5-18(21)11-14-23-25-22(16-31-23)19-6-4-7-19/h2-3,5,8-10,12-13,16,19H,4,6-7,15H2,1H3. The van der Waals surface area contributed by atoms with Gasteiger partial charge in [-0.05, 0) is 53.8 Å². The number of hydrogen-bond acceptors (Lipinski definition) is 6. The van der Waals surface area contributed by atoms with Crippen LogP contribution in [0.5, 0.6) is 5.75 Å². The lowest BCUT2D eigenvalue weighted by molar-refractivity contribution is 0.412. The first-order valence-corrected chi connectivity index (χ1v) is 11.1. The molecule has 2 heterocycles. The molecule has 0 bridgehead atoms. The molecule has 4 aromatic rings. The van der Waals surface area contributed by atoms with Gasteiger partial charge in [0.2, 0.25) is 5.82 Å². The number of benzene rings is 2. The Hall–Kier alpha value is -3.50. The molecule has 1 fully saturated rings. The molecule has 0 saturated heterocycles. The van der Waals surface area contributed by atoms with Crippen LogP contribution in [0.4, 0.5) is 0 Å². The maximum Gasteiger partial charge on any atom is 0.206 e. The van der Waals surface area contributed by atoms with Crippen molar-refractivity contribution in [2.24, 2.45) is 0 Å². The highest BCUT2D eigenvalue weighted by atomic mass is 32.1. The van der Waals surface area contributed by atoms with Gasteiger partial charge in [-0.3, -0.25) is 0 Å². The smallest absolute Gasteiger partial charge is 0.206 e. The molecule has 1 aliphatic rings. The predicted molar refractivity (Wildman–Crippen MR) is 120 cm³/mol.